The highest BCUT2D eigenvalue weighted by Crippen LogP contribution is 2.33. The second kappa shape index (κ2) is 8.69. The van der Waals surface area contributed by atoms with Crippen molar-refractivity contribution in [1.82, 2.24) is 4.90 Å². The standard InChI is InChI=1S/C22H26FN3O3/c1-28-18-8-9-20-19(15-18)24-22(27)21(29-20)3-2-10-25-11-13-26(14-12-25)17-6-4-16(23)5-7-17/h4-9,15,21H,2-3,10-14H2,1H3,(H,24,27). The highest BCUT2D eigenvalue weighted by atomic mass is 19.1. The number of hydrogen-bond acceptors (Lipinski definition) is 5. The zero-order chi connectivity index (χ0) is 20.2. The quantitative estimate of drug-likeness (QED) is 0.809. The largest absolute Gasteiger partial charge is 0.497 e. The lowest BCUT2D eigenvalue weighted by Crippen LogP contribution is -2.47. The molecule has 1 N–H and O–H groups in total. The van der Waals surface area contributed by atoms with Gasteiger partial charge in [0.2, 0.25) is 0 Å². The molecule has 2 aromatic rings. The summed E-state index contributed by atoms with van der Waals surface area (Å²) < 4.78 is 24.2. The summed E-state index contributed by atoms with van der Waals surface area (Å²) in [5.74, 6) is 1.06. The van der Waals surface area contributed by atoms with Gasteiger partial charge in [0.05, 0.1) is 12.8 Å². The molecule has 1 fully saturated rings. The van der Waals surface area contributed by atoms with Gasteiger partial charge in [0, 0.05) is 37.9 Å². The van der Waals surface area contributed by atoms with E-state index < -0.39 is 6.10 Å². The summed E-state index contributed by atoms with van der Waals surface area (Å²) in [4.78, 5) is 17.0. The fourth-order valence-corrected chi connectivity index (χ4v) is 3.83. The molecule has 0 aromatic heterocycles. The Morgan fingerprint density at radius 2 is 1.90 bits per heavy atom. The first-order valence-electron chi connectivity index (χ1n) is 10.0. The summed E-state index contributed by atoms with van der Waals surface area (Å²) in [7, 11) is 1.59. The van der Waals surface area contributed by atoms with Crippen LogP contribution in [0.2, 0.25) is 0 Å². The molecule has 6 nitrogen and oxygen atoms in total. The first kappa shape index (κ1) is 19.5. The number of ether oxygens (including phenoxy) is 2. The van der Waals surface area contributed by atoms with Gasteiger partial charge in [-0.2, -0.15) is 0 Å². The van der Waals surface area contributed by atoms with E-state index in [4.69, 9.17) is 9.47 Å². The number of piperazine rings is 1. The maximum atomic E-state index is 13.1. The van der Waals surface area contributed by atoms with Crippen LogP contribution in [0.5, 0.6) is 11.5 Å². The van der Waals surface area contributed by atoms with Gasteiger partial charge in [-0.25, -0.2) is 4.39 Å². The Hall–Kier alpha value is -2.80. The molecule has 0 saturated carbocycles. The van der Waals surface area contributed by atoms with Gasteiger partial charge >= 0.3 is 0 Å². The van der Waals surface area contributed by atoms with Crippen LogP contribution < -0.4 is 19.7 Å². The molecule has 1 unspecified atom stereocenters. The molecule has 2 aliphatic rings. The molecule has 1 atom stereocenters. The number of nitrogens with one attached hydrogen (secondary N) is 1. The van der Waals surface area contributed by atoms with E-state index in [0.29, 0.717) is 23.6 Å². The van der Waals surface area contributed by atoms with E-state index in [9.17, 15) is 9.18 Å². The molecule has 0 aliphatic carbocycles. The first-order valence-corrected chi connectivity index (χ1v) is 10.0. The van der Waals surface area contributed by atoms with E-state index >= 15 is 0 Å². The molecule has 2 aliphatic heterocycles. The van der Waals surface area contributed by atoms with E-state index in [1.807, 2.05) is 24.3 Å². The Labute approximate surface area is 170 Å². The number of methoxy groups -OCH3 is 1. The van der Waals surface area contributed by atoms with Crippen LogP contribution >= 0.6 is 0 Å². The minimum absolute atomic E-state index is 0.105. The molecule has 154 valence electrons. The summed E-state index contributed by atoms with van der Waals surface area (Å²) in [6.45, 7) is 4.68. The van der Waals surface area contributed by atoms with Crippen LogP contribution in [0.3, 0.4) is 0 Å². The minimum Gasteiger partial charge on any atom is -0.497 e. The molecule has 1 saturated heterocycles. The van der Waals surface area contributed by atoms with Crippen LogP contribution in [0.4, 0.5) is 15.8 Å². The Balaban J connectivity index is 1.22. The Kier molecular flexibility index (Phi) is 5.85. The van der Waals surface area contributed by atoms with Crippen molar-refractivity contribution in [2.24, 2.45) is 0 Å². The predicted molar refractivity (Wildman–Crippen MR) is 110 cm³/mol. The molecule has 4 rings (SSSR count). The number of halogens is 1. The lowest BCUT2D eigenvalue weighted by molar-refractivity contribution is -0.123. The lowest BCUT2D eigenvalue weighted by Gasteiger charge is -2.36. The van der Waals surface area contributed by atoms with Crippen LogP contribution in [-0.4, -0.2) is 56.7 Å². The second-order valence-electron chi connectivity index (χ2n) is 7.41. The van der Waals surface area contributed by atoms with Gasteiger partial charge in [0.15, 0.2) is 6.10 Å². The average molecular weight is 399 g/mol. The maximum absolute atomic E-state index is 13.1. The maximum Gasteiger partial charge on any atom is 0.265 e. The molecule has 0 spiro atoms. The van der Waals surface area contributed by atoms with Gasteiger partial charge < -0.3 is 19.7 Å². The van der Waals surface area contributed by atoms with E-state index in [1.165, 1.54) is 12.1 Å². The van der Waals surface area contributed by atoms with Gasteiger partial charge in [-0.1, -0.05) is 0 Å². The SMILES string of the molecule is COc1ccc2c(c1)NC(=O)C(CCCN1CCN(c3ccc(F)cc3)CC1)O2. The van der Waals surface area contributed by atoms with Crippen molar-refractivity contribution in [2.75, 3.05) is 50.1 Å². The predicted octanol–water partition coefficient (Wildman–Crippen LogP) is 3.14. The van der Waals surface area contributed by atoms with Crippen molar-refractivity contribution >= 4 is 17.3 Å². The van der Waals surface area contributed by atoms with E-state index in [0.717, 1.165) is 44.8 Å². The third kappa shape index (κ3) is 4.62. The number of fused-ring (bicyclic) bond motifs is 1. The van der Waals surface area contributed by atoms with Gasteiger partial charge in [-0.05, 0) is 55.8 Å². The number of anilines is 2. The molecule has 2 heterocycles. The molecule has 0 bridgehead atoms. The lowest BCUT2D eigenvalue weighted by atomic mass is 10.1. The number of amides is 1. The molecule has 0 radical (unpaired) electrons. The van der Waals surface area contributed by atoms with Crippen molar-refractivity contribution in [3.63, 3.8) is 0 Å². The molecule has 7 heteroatoms. The van der Waals surface area contributed by atoms with Crippen molar-refractivity contribution in [1.29, 1.82) is 0 Å². The highest BCUT2D eigenvalue weighted by Gasteiger charge is 2.28. The minimum atomic E-state index is -0.462. The van der Waals surface area contributed by atoms with Gasteiger partial charge in [-0.3, -0.25) is 9.69 Å². The third-order valence-electron chi connectivity index (χ3n) is 5.51. The monoisotopic (exact) mass is 399 g/mol. The van der Waals surface area contributed by atoms with Crippen LogP contribution in [0.25, 0.3) is 0 Å². The van der Waals surface area contributed by atoms with Crippen molar-refractivity contribution in [3.05, 3.63) is 48.3 Å². The smallest absolute Gasteiger partial charge is 0.265 e. The number of nitrogens with zero attached hydrogens (tertiary/aromatic N) is 2. The Morgan fingerprint density at radius 1 is 1.14 bits per heavy atom. The molecular formula is C22H26FN3O3. The number of carbonyl (C=O) groups excluding carboxylic acids is 1. The molecule has 29 heavy (non-hydrogen) atoms. The fraction of sp³-hybridized carbons (Fsp3) is 0.409. The Bertz CT molecular complexity index is 851. The summed E-state index contributed by atoms with van der Waals surface area (Å²) in [6, 6.07) is 12.1. The first-order chi connectivity index (χ1) is 14.1. The topological polar surface area (TPSA) is 54.0 Å². The number of hydrogen-bond donors (Lipinski definition) is 1. The van der Waals surface area contributed by atoms with E-state index in [2.05, 4.69) is 15.1 Å². The number of benzene rings is 2. The summed E-state index contributed by atoms with van der Waals surface area (Å²) in [5, 5.41) is 2.91. The fourth-order valence-electron chi connectivity index (χ4n) is 3.83. The average Bonchev–Trinajstić information content (AvgIpc) is 2.75. The zero-order valence-electron chi connectivity index (χ0n) is 16.6. The van der Waals surface area contributed by atoms with Crippen LogP contribution in [0.1, 0.15) is 12.8 Å². The summed E-state index contributed by atoms with van der Waals surface area (Å²) in [6.07, 6.45) is 1.10. The van der Waals surface area contributed by atoms with Crippen LogP contribution in [0.15, 0.2) is 42.5 Å². The van der Waals surface area contributed by atoms with Crippen molar-refractivity contribution in [2.45, 2.75) is 18.9 Å². The van der Waals surface area contributed by atoms with Crippen molar-refractivity contribution < 1.29 is 18.7 Å². The normalized spacial score (nSPS) is 19.3. The molecular weight excluding hydrogens is 373 g/mol. The second-order valence-corrected chi connectivity index (χ2v) is 7.41. The van der Waals surface area contributed by atoms with E-state index in [-0.39, 0.29) is 11.7 Å². The number of rotatable bonds is 6. The van der Waals surface area contributed by atoms with Gasteiger partial charge in [0.25, 0.3) is 5.91 Å². The zero-order valence-corrected chi connectivity index (χ0v) is 16.6. The van der Waals surface area contributed by atoms with Crippen LogP contribution in [-0.2, 0) is 4.79 Å². The molecule has 1 amide bonds. The highest BCUT2D eigenvalue weighted by molar-refractivity contribution is 5.97. The molecule has 2 aromatic carbocycles. The number of carbonyl (C=O) groups is 1. The van der Waals surface area contributed by atoms with E-state index in [1.54, 1.807) is 13.2 Å². The summed E-state index contributed by atoms with van der Waals surface area (Å²) in [5.41, 5.74) is 1.72. The van der Waals surface area contributed by atoms with Crippen molar-refractivity contribution in [3.8, 4) is 11.5 Å². The van der Waals surface area contributed by atoms with Gasteiger partial charge in [0.1, 0.15) is 17.3 Å². The van der Waals surface area contributed by atoms with Crippen LogP contribution in [0, 0.1) is 5.82 Å². The summed E-state index contributed by atoms with van der Waals surface area (Å²) >= 11 is 0. The third-order valence-corrected chi connectivity index (χ3v) is 5.51. The Morgan fingerprint density at radius 3 is 2.62 bits per heavy atom. The van der Waals surface area contributed by atoms with Gasteiger partial charge in [-0.15, -0.1) is 0 Å².